The molecule has 21 heavy (non-hydrogen) atoms. The number of benzene rings is 2. The normalized spacial score (nSPS) is 11.2. The van der Waals surface area contributed by atoms with Crippen LogP contribution < -0.4 is 10.0 Å². The summed E-state index contributed by atoms with van der Waals surface area (Å²) in [7, 11) is -1.79. The van der Waals surface area contributed by atoms with E-state index in [1.54, 1.807) is 26.0 Å². The first-order valence-electron chi connectivity index (χ1n) is 6.41. The molecular weight excluding hydrogens is 399 g/mol. The van der Waals surface area contributed by atoms with Gasteiger partial charge < -0.3 is 5.32 Å². The third-order valence-electron chi connectivity index (χ3n) is 3.09. The van der Waals surface area contributed by atoms with Crippen LogP contribution >= 0.6 is 22.6 Å². The van der Waals surface area contributed by atoms with E-state index in [4.69, 9.17) is 0 Å². The maximum atomic E-state index is 12.6. The Bertz CT molecular complexity index is 750. The second-order valence-electron chi connectivity index (χ2n) is 4.81. The van der Waals surface area contributed by atoms with Crippen molar-refractivity contribution in [1.82, 2.24) is 0 Å². The topological polar surface area (TPSA) is 58.2 Å². The van der Waals surface area contributed by atoms with Gasteiger partial charge in [-0.3, -0.25) is 4.72 Å². The SMILES string of the molecule is CNc1cc(C)c(S(=O)(=O)Nc2cccc(I)c2)c(C)c1. The van der Waals surface area contributed by atoms with Gasteiger partial charge in [-0.25, -0.2) is 8.42 Å². The summed E-state index contributed by atoms with van der Waals surface area (Å²) in [5, 5.41) is 3.03. The molecule has 0 saturated heterocycles. The number of rotatable bonds is 4. The summed E-state index contributed by atoms with van der Waals surface area (Å²) in [5.41, 5.74) is 2.91. The average Bonchev–Trinajstić information content (AvgIpc) is 2.36. The predicted octanol–water partition coefficient (Wildman–Crippen LogP) is 3.75. The fourth-order valence-electron chi connectivity index (χ4n) is 2.28. The largest absolute Gasteiger partial charge is 0.388 e. The minimum absolute atomic E-state index is 0.334. The van der Waals surface area contributed by atoms with Crippen molar-refractivity contribution in [2.75, 3.05) is 17.1 Å². The van der Waals surface area contributed by atoms with Gasteiger partial charge in [0.1, 0.15) is 0 Å². The lowest BCUT2D eigenvalue weighted by atomic mass is 10.1. The molecule has 0 fully saturated rings. The highest BCUT2D eigenvalue weighted by molar-refractivity contribution is 14.1. The maximum Gasteiger partial charge on any atom is 0.262 e. The monoisotopic (exact) mass is 416 g/mol. The van der Waals surface area contributed by atoms with Crippen molar-refractivity contribution >= 4 is 44.0 Å². The van der Waals surface area contributed by atoms with Crippen LogP contribution in [0.4, 0.5) is 11.4 Å². The summed E-state index contributed by atoms with van der Waals surface area (Å²) in [6.45, 7) is 3.61. The van der Waals surface area contributed by atoms with Gasteiger partial charge in [-0.1, -0.05) is 6.07 Å². The fraction of sp³-hybridized carbons (Fsp3) is 0.200. The molecule has 2 N–H and O–H groups in total. The van der Waals surface area contributed by atoms with Crippen molar-refractivity contribution in [2.45, 2.75) is 18.7 Å². The first-order chi connectivity index (χ1) is 9.83. The molecule has 0 amide bonds. The zero-order valence-electron chi connectivity index (χ0n) is 12.1. The molecule has 0 saturated carbocycles. The minimum Gasteiger partial charge on any atom is -0.388 e. The van der Waals surface area contributed by atoms with Crippen molar-refractivity contribution in [3.05, 3.63) is 51.1 Å². The first kappa shape index (κ1) is 16.1. The van der Waals surface area contributed by atoms with Gasteiger partial charge >= 0.3 is 0 Å². The highest BCUT2D eigenvalue weighted by atomic mass is 127. The van der Waals surface area contributed by atoms with Crippen LogP contribution in [0, 0.1) is 17.4 Å². The van der Waals surface area contributed by atoms with Crippen LogP contribution in [0.1, 0.15) is 11.1 Å². The van der Waals surface area contributed by atoms with Gasteiger partial charge in [0.2, 0.25) is 0 Å². The van der Waals surface area contributed by atoms with Gasteiger partial charge in [-0.05, 0) is 77.9 Å². The number of sulfonamides is 1. The van der Waals surface area contributed by atoms with Crippen LogP contribution in [0.25, 0.3) is 0 Å². The first-order valence-corrected chi connectivity index (χ1v) is 8.97. The van der Waals surface area contributed by atoms with Gasteiger partial charge in [0, 0.05) is 22.0 Å². The molecule has 6 heteroatoms. The fourth-order valence-corrected chi connectivity index (χ4v) is 4.32. The Balaban J connectivity index is 2.45. The van der Waals surface area contributed by atoms with E-state index in [-0.39, 0.29) is 0 Å². The molecule has 112 valence electrons. The number of halogens is 1. The molecule has 0 heterocycles. The molecule has 0 bridgehead atoms. The maximum absolute atomic E-state index is 12.6. The van der Waals surface area contributed by atoms with Crippen LogP contribution in [0.5, 0.6) is 0 Å². The van der Waals surface area contributed by atoms with Gasteiger partial charge in [0.25, 0.3) is 10.0 Å². The third kappa shape index (κ3) is 3.68. The summed E-state index contributed by atoms with van der Waals surface area (Å²) in [6, 6.07) is 10.9. The molecule has 0 spiro atoms. The van der Waals surface area contributed by atoms with Crippen LogP contribution in [-0.2, 0) is 10.0 Å². The second kappa shape index (κ2) is 6.23. The Morgan fingerprint density at radius 3 is 2.14 bits per heavy atom. The van der Waals surface area contributed by atoms with Gasteiger partial charge in [0.05, 0.1) is 4.90 Å². The van der Waals surface area contributed by atoms with Crippen molar-refractivity contribution in [2.24, 2.45) is 0 Å². The zero-order valence-corrected chi connectivity index (χ0v) is 15.0. The lowest BCUT2D eigenvalue weighted by Crippen LogP contribution is -2.16. The number of anilines is 2. The standard InChI is InChI=1S/C15H17IN2O2S/c1-10-7-14(17-3)8-11(2)15(10)21(19,20)18-13-6-4-5-12(16)9-13/h4-9,17-18H,1-3H3. The second-order valence-corrected chi connectivity index (χ2v) is 7.67. The van der Waals surface area contributed by atoms with Crippen molar-refractivity contribution in [3.63, 3.8) is 0 Å². The van der Waals surface area contributed by atoms with E-state index < -0.39 is 10.0 Å². The summed E-state index contributed by atoms with van der Waals surface area (Å²) in [6.07, 6.45) is 0. The Morgan fingerprint density at radius 2 is 1.62 bits per heavy atom. The van der Waals surface area contributed by atoms with E-state index >= 15 is 0 Å². The molecule has 0 unspecified atom stereocenters. The van der Waals surface area contributed by atoms with E-state index in [2.05, 4.69) is 32.6 Å². The molecule has 0 radical (unpaired) electrons. The summed E-state index contributed by atoms with van der Waals surface area (Å²) < 4.78 is 28.9. The van der Waals surface area contributed by atoms with Crippen molar-refractivity contribution < 1.29 is 8.42 Å². The van der Waals surface area contributed by atoms with Crippen molar-refractivity contribution in [3.8, 4) is 0 Å². The smallest absolute Gasteiger partial charge is 0.262 e. The Labute approximate surface area is 139 Å². The summed E-state index contributed by atoms with van der Waals surface area (Å²) >= 11 is 2.15. The minimum atomic E-state index is -3.60. The molecular formula is C15H17IN2O2S. The average molecular weight is 416 g/mol. The Morgan fingerprint density at radius 1 is 1.00 bits per heavy atom. The number of hydrogen-bond acceptors (Lipinski definition) is 3. The number of nitrogens with one attached hydrogen (secondary N) is 2. The lowest BCUT2D eigenvalue weighted by molar-refractivity contribution is 0.600. The molecule has 0 atom stereocenters. The number of aryl methyl sites for hydroxylation is 2. The van der Waals surface area contributed by atoms with Crippen LogP contribution in [-0.4, -0.2) is 15.5 Å². The van der Waals surface area contributed by atoms with E-state index in [0.29, 0.717) is 10.6 Å². The van der Waals surface area contributed by atoms with Gasteiger partial charge in [-0.15, -0.1) is 0 Å². The molecule has 2 aromatic rings. The molecule has 2 aromatic carbocycles. The molecule has 2 rings (SSSR count). The molecule has 4 nitrogen and oxygen atoms in total. The van der Waals surface area contributed by atoms with Crippen molar-refractivity contribution in [1.29, 1.82) is 0 Å². The molecule has 0 aliphatic rings. The molecule has 0 aromatic heterocycles. The van der Waals surface area contributed by atoms with Crippen LogP contribution in [0.2, 0.25) is 0 Å². The highest BCUT2D eigenvalue weighted by Gasteiger charge is 2.20. The van der Waals surface area contributed by atoms with E-state index in [9.17, 15) is 8.42 Å². The third-order valence-corrected chi connectivity index (χ3v) is 5.45. The Hall–Kier alpha value is -1.28. The quantitative estimate of drug-likeness (QED) is 0.747. The van der Waals surface area contributed by atoms with Crippen LogP contribution in [0.3, 0.4) is 0 Å². The summed E-state index contributed by atoms with van der Waals surface area (Å²) in [5.74, 6) is 0. The van der Waals surface area contributed by atoms with Crippen LogP contribution in [0.15, 0.2) is 41.3 Å². The molecule has 0 aliphatic carbocycles. The lowest BCUT2D eigenvalue weighted by Gasteiger charge is -2.14. The van der Waals surface area contributed by atoms with Gasteiger partial charge in [0.15, 0.2) is 0 Å². The Kier molecular flexibility index (Phi) is 4.77. The van der Waals surface area contributed by atoms with E-state index in [1.165, 1.54) is 0 Å². The number of hydrogen-bond donors (Lipinski definition) is 2. The van der Waals surface area contributed by atoms with Gasteiger partial charge in [-0.2, -0.15) is 0 Å². The van der Waals surface area contributed by atoms with E-state index in [0.717, 1.165) is 20.4 Å². The molecule has 0 aliphatic heterocycles. The highest BCUT2D eigenvalue weighted by Crippen LogP contribution is 2.26. The summed E-state index contributed by atoms with van der Waals surface area (Å²) in [4.78, 5) is 0.334. The predicted molar refractivity (Wildman–Crippen MR) is 95.4 cm³/mol. The zero-order chi connectivity index (χ0) is 15.6. The van der Waals surface area contributed by atoms with E-state index in [1.807, 2.05) is 31.3 Å².